The Morgan fingerprint density at radius 1 is 1.42 bits per heavy atom. The van der Waals surface area contributed by atoms with Crippen molar-refractivity contribution in [3.8, 4) is 0 Å². The van der Waals surface area contributed by atoms with Gasteiger partial charge in [-0.25, -0.2) is 4.68 Å². The molecule has 0 unspecified atom stereocenters. The SMILES string of the molecule is CN(C)c1cnn(Cc2c(N)cccc2Cl)c(=O)c1. The number of hydrogen-bond donors (Lipinski definition) is 1. The molecule has 1 aromatic carbocycles. The molecular weight excluding hydrogens is 264 g/mol. The molecule has 0 fully saturated rings. The summed E-state index contributed by atoms with van der Waals surface area (Å²) in [5, 5.41) is 4.66. The van der Waals surface area contributed by atoms with Gasteiger partial charge in [0.25, 0.3) is 5.56 Å². The van der Waals surface area contributed by atoms with Gasteiger partial charge in [0.15, 0.2) is 0 Å². The first-order valence-corrected chi connectivity index (χ1v) is 6.14. The number of halogens is 1. The number of anilines is 2. The molecule has 1 aromatic heterocycles. The molecule has 0 bridgehead atoms. The summed E-state index contributed by atoms with van der Waals surface area (Å²) < 4.78 is 1.34. The Morgan fingerprint density at radius 3 is 2.74 bits per heavy atom. The predicted octanol–water partition coefficient (Wildman–Crippen LogP) is 1.59. The highest BCUT2D eigenvalue weighted by Gasteiger charge is 2.08. The maximum absolute atomic E-state index is 12.0. The van der Waals surface area contributed by atoms with Crippen LogP contribution in [0.3, 0.4) is 0 Å². The van der Waals surface area contributed by atoms with Crippen LogP contribution in [0, 0.1) is 0 Å². The highest BCUT2D eigenvalue weighted by atomic mass is 35.5. The Morgan fingerprint density at radius 2 is 2.16 bits per heavy atom. The lowest BCUT2D eigenvalue weighted by atomic mass is 10.2. The van der Waals surface area contributed by atoms with Gasteiger partial charge in [0.2, 0.25) is 0 Å². The molecule has 19 heavy (non-hydrogen) atoms. The molecule has 0 saturated carbocycles. The average molecular weight is 279 g/mol. The molecular formula is C13H15ClN4O. The van der Waals surface area contributed by atoms with E-state index in [1.54, 1.807) is 24.4 Å². The molecule has 2 rings (SSSR count). The summed E-state index contributed by atoms with van der Waals surface area (Å²) in [5.74, 6) is 0. The number of nitrogens with zero attached hydrogens (tertiary/aromatic N) is 3. The van der Waals surface area contributed by atoms with Gasteiger partial charge >= 0.3 is 0 Å². The lowest BCUT2D eigenvalue weighted by Gasteiger charge is -2.13. The zero-order valence-corrected chi connectivity index (χ0v) is 11.6. The second-order valence-electron chi connectivity index (χ2n) is 4.41. The molecule has 5 nitrogen and oxygen atoms in total. The van der Waals surface area contributed by atoms with E-state index in [4.69, 9.17) is 17.3 Å². The Labute approximate surface area is 116 Å². The van der Waals surface area contributed by atoms with Crippen LogP contribution in [0.5, 0.6) is 0 Å². The molecule has 0 atom stereocenters. The monoisotopic (exact) mass is 278 g/mol. The fourth-order valence-electron chi connectivity index (χ4n) is 1.68. The van der Waals surface area contributed by atoms with Crippen LogP contribution in [-0.2, 0) is 6.54 Å². The number of nitrogens with two attached hydrogens (primary N) is 1. The van der Waals surface area contributed by atoms with Crippen LogP contribution in [0.25, 0.3) is 0 Å². The van der Waals surface area contributed by atoms with Gasteiger partial charge in [-0.15, -0.1) is 0 Å². The Balaban J connectivity index is 2.37. The van der Waals surface area contributed by atoms with Gasteiger partial charge in [-0.3, -0.25) is 4.79 Å². The number of aromatic nitrogens is 2. The van der Waals surface area contributed by atoms with Gasteiger partial charge in [-0.1, -0.05) is 17.7 Å². The maximum atomic E-state index is 12.0. The zero-order chi connectivity index (χ0) is 14.0. The molecule has 0 aliphatic heterocycles. The van der Waals surface area contributed by atoms with E-state index in [2.05, 4.69) is 5.10 Å². The first kappa shape index (κ1) is 13.4. The van der Waals surface area contributed by atoms with Crippen molar-refractivity contribution in [1.29, 1.82) is 0 Å². The Kier molecular flexibility index (Phi) is 3.76. The van der Waals surface area contributed by atoms with Crippen LogP contribution in [0.1, 0.15) is 5.56 Å². The van der Waals surface area contributed by atoms with Crippen molar-refractivity contribution in [2.45, 2.75) is 6.54 Å². The summed E-state index contributed by atoms with van der Waals surface area (Å²) in [4.78, 5) is 13.8. The second-order valence-corrected chi connectivity index (χ2v) is 4.82. The van der Waals surface area contributed by atoms with Crippen molar-refractivity contribution in [2.75, 3.05) is 24.7 Å². The Hall–Kier alpha value is -2.01. The topological polar surface area (TPSA) is 64.2 Å². The lowest BCUT2D eigenvalue weighted by Crippen LogP contribution is -2.25. The number of hydrogen-bond acceptors (Lipinski definition) is 4. The van der Waals surface area contributed by atoms with Crippen LogP contribution < -0.4 is 16.2 Å². The van der Waals surface area contributed by atoms with Crippen LogP contribution >= 0.6 is 11.6 Å². The Bertz CT molecular complexity index is 631. The number of benzene rings is 1. The third kappa shape index (κ3) is 2.88. The smallest absolute Gasteiger partial charge is 0.269 e. The van der Waals surface area contributed by atoms with Gasteiger partial charge in [-0.2, -0.15) is 5.10 Å². The minimum Gasteiger partial charge on any atom is -0.398 e. The quantitative estimate of drug-likeness (QED) is 0.866. The summed E-state index contributed by atoms with van der Waals surface area (Å²) in [6.45, 7) is 0.262. The first-order chi connectivity index (χ1) is 8.99. The molecule has 0 aliphatic rings. The maximum Gasteiger partial charge on any atom is 0.269 e. The molecule has 100 valence electrons. The van der Waals surface area contributed by atoms with Crippen molar-refractivity contribution >= 4 is 23.0 Å². The third-order valence-corrected chi connectivity index (χ3v) is 3.19. The van der Waals surface area contributed by atoms with E-state index in [1.807, 2.05) is 19.0 Å². The highest BCUT2D eigenvalue weighted by Crippen LogP contribution is 2.22. The van der Waals surface area contributed by atoms with E-state index in [9.17, 15) is 4.79 Å². The summed E-state index contributed by atoms with van der Waals surface area (Å²) in [5.41, 5.74) is 7.69. The molecule has 0 radical (unpaired) electrons. The van der Waals surface area contributed by atoms with Crippen molar-refractivity contribution in [1.82, 2.24) is 9.78 Å². The van der Waals surface area contributed by atoms with Crippen molar-refractivity contribution in [3.05, 3.63) is 51.4 Å². The van der Waals surface area contributed by atoms with E-state index in [-0.39, 0.29) is 12.1 Å². The van der Waals surface area contributed by atoms with E-state index in [0.29, 0.717) is 16.3 Å². The van der Waals surface area contributed by atoms with Crippen molar-refractivity contribution < 1.29 is 0 Å². The minimum atomic E-state index is -0.189. The zero-order valence-electron chi connectivity index (χ0n) is 10.8. The van der Waals surface area contributed by atoms with E-state index in [0.717, 1.165) is 5.69 Å². The van der Waals surface area contributed by atoms with Crippen LogP contribution in [0.15, 0.2) is 35.3 Å². The fraction of sp³-hybridized carbons (Fsp3) is 0.231. The predicted molar refractivity (Wildman–Crippen MR) is 77.8 cm³/mol. The summed E-state index contributed by atoms with van der Waals surface area (Å²) in [6.07, 6.45) is 1.63. The molecule has 0 spiro atoms. The van der Waals surface area contributed by atoms with Crippen molar-refractivity contribution in [3.63, 3.8) is 0 Å². The molecule has 2 aromatic rings. The number of rotatable bonds is 3. The molecule has 6 heteroatoms. The van der Waals surface area contributed by atoms with Crippen LogP contribution in [-0.4, -0.2) is 23.9 Å². The third-order valence-electron chi connectivity index (χ3n) is 2.83. The van der Waals surface area contributed by atoms with Crippen LogP contribution in [0.4, 0.5) is 11.4 Å². The largest absolute Gasteiger partial charge is 0.398 e. The normalized spacial score (nSPS) is 10.5. The summed E-state index contributed by atoms with van der Waals surface area (Å²) >= 11 is 6.08. The molecule has 1 heterocycles. The summed E-state index contributed by atoms with van der Waals surface area (Å²) in [7, 11) is 3.71. The van der Waals surface area contributed by atoms with E-state index >= 15 is 0 Å². The number of nitrogen functional groups attached to an aromatic ring is 1. The molecule has 0 saturated heterocycles. The molecule has 0 aliphatic carbocycles. The lowest BCUT2D eigenvalue weighted by molar-refractivity contribution is 0.639. The van der Waals surface area contributed by atoms with Gasteiger partial charge in [0.05, 0.1) is 18.4 Å². The molecule has 0 amide bonds. The van der Waals surface area contributed by atoms with Gasteiger partial charge < -0.3 is 10.6 Å². The van der Waals surface area contributed by atoms with Gasteiger partial charge in [0.1, 0.15) is 0 Å². The summed E-state index contributed by atoms with van der Waals surface area (Å²) in [6, 6.07) is 6.79. The van der Waals surface area contributed by atoms with Crippen molar-refractivity contribution in [2.24, 2.45) is 0 Å². The first-order valence-electron chi connectivity index (χ1n) is 5.76. The van der Waals surface area contributed by atoms with E-state index < -0.39 is 0 Å². The average Bonchev–Trinajstić information content (AvgIpc) is 2.35. The van der Waals surface area contributed by atoms with E-state index in [1.165, 1.54) is 10.7 Å². The standard InChI is InChI=1S/C13H15ClN4O/c1-17(2)9-6-13(19)18(16-7-9)8-10-11(14)4-3-5-12(10)15/h3-7H,8,15H2,1-2H3. The fourth-order valence-corrected chi connectivity index (χ4v) is 1.92. The van der Waals surface area contributed by atoms with Gasteiger partial charge in [-0.05, 0) is 12.1 Å². The highest BCUT2D eigenvalue weighted by molar-refractivity contribution is 6.31. The second kappa shape index (κ2) is 5.32. The molecule has 2 N–H and O–H groups in total. The van der Waals surface area contributed by atoms with Crippen LogP contribution in [0.2, 0.25) is 5.02 Å². The minimum absolute atomic E-state index is 0.189. The van der Waals surface area contributed by atoms with Gasteiger partial charge in [0, 0.05) is 36.4 Å².